The number of hydrogen-bond donors (Lipinski definition) is 0. The number of rotatable bonds is 7. The summed E-state index contributed by atoms with van der Waals surface area (Å²) in [7, 11) is 1.63. The third kappa shape index (κ3) is 4.95. The molecule has 1 atom stereocenters. The SMILES string of the molecule is COc1cccc(CN2CCc3cc(Oc4c(Cl)cc([N+](=O)[O-])cc4Cl)ccc3C2C=O)c1. The predicted molar refractivity (Wildman–Crippen MR) is 126 cm³/mol. The summed E-state index contributed by atoms with van der Waals surface area (Å²) in [6, 6.07) is 15.2. The summed E-state index contributed by atoms with van der Waals surface area (Å²) in [5.41, 5.74) is 2.74. The number of methoxy groups -OCH3 is 1. The molecule has 0 bridgehead atoms. The van der Waals surface area contributed by atoms with E-state index >= 15 is 0 Å². The minimum absolute atomic E-state index is 0.0437. The topological polar surface area (TPSA) is 81.9 Å². The zero-order valence-corrected chi connectivity index (χ0v) is 19.2. The Morgan fingerprint density at radius 2 is 1.88 bits per heavy atom. The molecule has 0 amide bonds. The maximum Gasteiger partial charge on any atom is 0.272 e. The molecular formula is C24H20Cl2N2O5. The van der Waals surface area contributed by atoms with E-state index in [9.17, 15) is 14.9 Å². The van der Waals surface area contributed by atoms with Crippen LogP contribution in [0.5, 0.6) is 17.2 Å². The minimum atomic E-state index is -0.572. The van der Waals surface area contributed by atoms with Crippen molar-refractivity contribution in [3.63, 3.8) is 0 Å². The molecule has 4 rings (SSSR count). The second-order valence-corrected chi connectivity index (χ2v) is 8.43. The molecule has 3 aromatic rings. The monoisotopic (exact) mass is 486 g/mol. The molecule has 0 radical (unpaired) electrons. The largest absolute Gasteiger partial charge is 0.497 e. The second kappa shape index (κ2) is 9.79. The van der Waals surface area contributed by atoms with Gasteiger partial charge >= 0.3 is 0 Å². The first kappa shape index (κ1) is 23.0. The number of benzene rings is 3. The smallest absolute Gasteiger partial charge is 0.272 e. The van der Waals surface area contributed by atoms with Gasteiger partial charge in [0.05, 0.1) is 28.1 Å². The van der Waals surface area contributed by atoms with E-state index in [2.05, 4.69) is 4.90 Å². The molecule has 9 heteroatoms. The first-order valence-electron chi connectivity index (χ1n) is 10.2. The van der Waals surface area contributed by atoms with Crippen molar-refractivity contribution in [2.75, 3.05) is 13.7 Å². The van der Waals surface area contributed by atoms with Crippen molar-refractivity contribution in [3.05, 3.63) is 91.4 Å². The zero-order valence-electron chi connectivity index (χ0n) is 17.7. The first-order chi connectivity index (χ1) is 15.9. The van der Waals surface area contributed by atoms with Crippen LogP contribution in [-0.2, 0) is 17.8 Å². The quantitative estimate of drug-likeness (QED) is 0.231. The molecule has 1 heterocycles. The van der Waals surface area contributed by atoms with Crippen LogP contribution < -0.4 is 9.47 Å². The van der Waals surface area contributed by atoms with E-state index in [4.69, 9.17) is 32.7 Å². The Hall–Kier alpha value is -3.13. The van der Waals surface area contributed by atoms with Gasteiger partial charge in [-0.3, -0.25) is 15.0 Å². The van der Waals surface area contributed by atoms with E-state index in [0.29, 0.717) is 18.8 Å². The third-order valence-electron chi connectivity index (χ3n) is 5.56. The van der Waals surface area contributed by atoms with Gasteiger partial charge in [0.15, 0.2) is 5.75 Å². The summed E-state index contributed by atoms with van der Waals surface area (Å²) in [6.45, 7) is 1.31. The van der Waals surface area contributed by atoms with Crippen molar-refractivity contribution in [1.29, 1.82) is 0 Å². The molecule has 0 N–H and O–H groups in total. The second-order valence-electron chi connectivity index (χ2n) is 7.61. The number of hydrogen-bond acceptors (Lipinski definition) is 6. The van der Waals surface area contributed by atoms with Gasteiger partial charge in [0.25, 0.3) is 5.69 Å². The highest BCUT2D eigenvalue weighted by molar-refractivity contribution is 6.37. The molecule has 0 saturated carbocycles. The average molecular weight is 487 g/mol. The van der Waals surface area contributed by atoms with Crippen LogP contribution in [0.4, 0.5) is 5.69 Å². The number of nitro groups is 1. The highest BCUT2D eigenvalue weighted by Crippen LogP contribution is 2.40. The fourth-order valence-electron chi connectivity index (χ4n) is 3.96. The van der Waals surface area contributed by atoms with Crippen LogP contribution in [0.25, 0.3) is 0 Å². The molecule has 0 fully saturated rings. The summed E-state index contributed by atoms with van der Waals surface area (Å²) < 4.78 is 11.2. The van der Waals surface area contributed by atoms with E-state index in [1.54, 1.807) is 13.2 Å². The van der Waals surface area contributed by atoms with Gasteiger partial charge in [0.2, 0.25) is 0 Å². The molecule has 0 saturated heterocycles. The predicted octanol–water partition coefficient (Wildman–Crippen LogP) is 6.00. The lowest BCUT2D eigenvalue weighted by molar-refractivity contribution is -0.384. The van der Waals surface area contributed by atoms with Crippen LogP contribution in [0.1, 0.15) is 22.7 Å². The van der Waals surface area contributed by atoms with Crippen molar-refractivity contribution in [3.8, 4) is 17.2 Å². The van der Waals surface area contributed by atoms with E-state index in [0.717, 1.165) is 35.1 Å². The fraction of sp³-hybridized carbons (Fsp3) is 0.208. The van der Waals surface area contributed by atoms with Gasteiger partial charge in [-0.2, -0.15) is 0 Å². The van der Waals surface area contributed by atoms with Crippen LogP contribution in [0.15, 0.2) is 54.6 Å². The summed E-state index contributed by atoms with van der Waals surface area (Å²) in [5.74, 6) is 1.40. The normalized spacial score (nSPS) is 15.5. The number of halogens is 2. The summed E-state index contributed by atoms with van der Waals surface area (Å²) >= 11 is 12.3. The third-order valence-corrected chi connectivity index (χ3v) is 6.12. The summed E-state index contributed by atoms with van der Waals surface area (Å²) in [5, 5.41) is 11.1. The lowest BCUT2D eigenvalue weighted by Crippen LogP contribution is -2.35. The molecular weight excluding hydrogens is 467 g/mol. The van der Waals surface area contributed by atoms with Crippen LogP contribution in [0.2, 0.25) is 10.0 Å². The van der Waals surface area contributed by atoms with Crippen LogP contribution in [-0.4, -0.2) is 29.8 Å². The lowest BCUT2D eigenvalue weighted by atomic mass is 9.92. The lowest BCUT2D eigenvalue weighted by Gasteiger charge is -2.34. The van der Waals surface area contributed by atoms with Gasteiger partial charge in [-0.1, -0.05) is 41.4 Å². The number of ether oxygens (including phenoxy) is 2. The number of fused-ring (bicyclic) bond motifs is 1. The molecule has 0 aromatic heterocycles. The molecule has 0 aliphatic carbocycles. The number of nitro benzene ring substituents is 1. The van der Waals surface area contributed by atoms with Gasteiger partial charge in [-0.05, 0) is 47.4 Å². The van der Waals surface area contributed by atoms with Gasteiger partial charge in [-0.15, -0.1) is 0 Å². The van der Waals surface area contributed by atoms with Crippen molar-refractivity contribution >= 4 is 35.2 Å². The van der Waals surface area contributed by atoms with Crippen LogP contribution in [0.3, 0.4) is 0 Å². The Labute approximate surface area is 200 Å². The van der Waals surface area contributed by atoms with Gasteiger partial charge in [0.1, 0.15) is 17.8 Å². The van der Waals surface area contributed by atoms with Crippen LogP contribution in [0, 0.1) is 10.1 Å². The highest BCUT2D eigenvalue weighted by Gasteiger charge is 2.28. The Bertz CT molecular complexity index is 1190. The molecule has 33 heavy (non-hydrogen) atoms. The van der Waals surface area contributed by atoms with Gasteiger partial charge < -0.3 is 14.3 Å². The first-order valence-corrected chi connectivity index (χ1v) is 10.9. The van der Waals surface area contributed by atoms with Crippen molar-refractivity contribution < 1.29 is 19.2 Å². The molecule has 170 valence electrons. The highest BCUT2D eigenvalue weighted by atomic mass is 35.5. The van der Waals surface area contributed by atoms with Gasteiger partial charge in [0, 0.05) is 25.2 Å². The minimum Gasteiger partial charge on any atom is -0.497 e. The Balaban J connectivity index is 1.56. The molecule has 1 unspecified atom stereocenters. The number of nitrogens with zero attached hydrogens (tertiary/aromatic N) is 2. The average Bonchev–Trinajstić information content (AvgIpc) is 2.81. The zero-order chi connectivity index (χ0) is 23.5. The number of aldehydes is 1. The Morgan fingerprint density at radius 3 is 2.55 bits per heavy atom. The number of carbonyl (C=O) groups is 1. The van der Waals surface area contributed by atoms with Gasteiger partial charge in [-0.25, -0.2) is 0 Å². The van der Waals surface area contributed by atoms with E-state index in [1.807, 2.05) is 36.4 Å². The fourth-order valence-corrected chi connectivity index (χ4v) is 4.51. The molecule has 7 nitrogen and oxygen atoms in total. The summed E-state index contributed by atoms with van der Waals surface area (Å²) in [4.78, 5) is 24.5. The van der Waals surface area contributed by atoms with E-state index < -0.39 is 4.92 Å². The van der Waals surface area contributed by atoms with E-state index in [-0.39, 0.29) is 27.5 Å². The van der Waals surface area contributed by atoms with E-state index in [1.165, 1.54) is 12.1 Å². The number of carbonyl (C=O) groups excluding carboxylic acids is 1. The number of non-ortho nitro benzene ring substituents is 1. The molecule has 1 aliphatic heterocycles. The van der Waals surface area contributed by atoms with Crippen molar-refractivity contribution in [2.24, 2.45) is 0 Å². The van der Waals surface area contributed by atoms with Crippen molar-refractivity contribution in [2.45, 2.75) is 19.0 Å². The maximum atomic E-state index is 12.0. The molecule has 3 aromatic carbocycles. The Kier molecular flexibility index (Phi) is 6.83. The van der Waals surface area contributed by atoms with Crippen LogP contribution >= 0.6 is 23.2 Å². The van der Waals surface area contributed by atoms with Crippen molar-refractivity contribution in [1.82, 2.24) is 4.90 Å². The summed E-state index contributed by atoms with van der Waals surface area (Å²) in [6.07, 6.45) is 1.67. The molecule has 0 spiro atoms. The molecule has 1 aliphatic rings. The standard InChI is InChI=1S/C24H20Cl2N2O5/c1-32-18-4-2-3-15(9-18)13-27-8-7-16-10-19(5-6-20(16)23(27)14-29)33-24-21(25)11-17(28(30)31)12-22(24)26/h2-6,9-12,14,23H,7-8,13H2,1H3. The Morgan fingerprint density at radius 1 is 1.12 bits per heavy atom. The maximum absolute atomic E-state index is 12.0.